The molecule has 0 bridgehead atoms. The lowest BCUT2D eigenvalue weighted by Crippen LogP contribution is -2.06. The van der Waals surface area contributed by atoms with E-state index in [1.807, 2.05) is 0 Å². The Hall–Kier alpha value is -1.59. The highest BCUT2D eigenvalue weighted by atomic mass is 35.5. The van der Waals surface area contributed by atoms with Gasteiger partial charge in [0.25, 0.3) is 0 Å². The molecule has 100 valence electrons. The molecule has 6 heteroatoms. The maximum Gasteiger partial charge on any atom is 0.142 e. The summed E-state index contributed by atoms with van der Waals surface area (Å²) in [5.74, 6) is -3.70. The van der Waals surface area contributed by atoms with Crippen molar-refractivity contribution in [2.24, 2.45) is 0 Å². The summed E-state index contributed by atoms with van der Waals surface area (Å²) in [7, 11) is 0. The van der Waals surface area contributed by atoms with E-state index in [1.165, 1.54) is 0 Å². The van der Waals surface area contributed by atoms with Gasteiger partial charge in [-0.3, -0.25) is 0 Å². The summed E-state index contributed by atoms with van der Waals surface area (Å²) in [6.45, 7) is 0. The molecular formula is C13H7ClF4O. The molecule has 0 aliphatic rings. The molecule has 0 radical (unpaired) electrons. The van der Waals surface area contributed by atoms with Gasteiger partial charge in [0.2, 0.25) is 0 Å². The van der Waals surface area contributed by atoms with Gasteiger partial charge in [-0.2, -0.15) is 0 Å². The number of hydrogen-bond acceptors (Lipinski definition) is 1. The fraction of sp³-hybridized carbons (Fsp3) is 0.0769. The molecule has 1 atom stereocenters. The van der Waals surface area contributed by atoms with Crippen molar-refractivity contribution in [1.82, 2.24) is 0 Å². The Labute approximate surface area is 111 Å². The van der Waals surface area contributed by atoms with Crippen LogP contribution in [0.2, 0.25) is 5.02 Å². The molecule has 0 saturated heterocycles. The normalized spacial score (nSPS) is 12.5. The molecule has 1 unspecified atom stereocenters. The van der Waals surface area contributed by atoms with Crippen molar-refractivity contribution in [3.8, 4) is 0 Å². The molecule has 0 heterocycles. The topological polar surface area (TPSA) is 20.2 Å². The second kappa shape index (κ2) is 5.19. The summed E-state index contributed by atoms with van der Waals surface area (Å²) < 4.78 is 53.3. The molecule has 2 rings (SSSR count). The monoisotopic (exact) mass is 290 g/mol. The van der Waals surface area contributed by atoms with Gasteiger partial charge in [-0.15, -0.1) is 0 Å². The minimum Gasteiger partial charge on any atom is -0.383 e. The summed E-state index contributed by atoms with van der Waals surface area (Å²) >= 11 is 5.36. The van der Waals surface area contributed by atoms with E-state index in [0.29, 0.717) is 18.2 Å². The van der Waals surface area contributed by atoms with Crippen LogP contribution in [0.25, 0.3) is 0 Å². The number of hydrogen-bond donors (Lipinski definition) is 1. The first-order valence-corrected chi connectivity index (χ1v) is 5.55. The van der Waals surface area contributed by atoms with Crippen molar-refractivity contribution in [1.29, 1.82) is 0 Å². The zero-order valence-corrected chi connectivity index (χ0v) is 10.1. The van der Waals surface area contributed by atoms with Crippen LogP contribution in [-0.4, -0.2) is 5.11 Å². The molecule has 0 aliphatic heterocycles. The van der Waals surface area contributed by atoms with Crippen LogP contribution in [-0.2, 0) is 0 Å². The van der Waals surface area contributed by atoms with Gasteiger partial charge >= 0.3 is 0 Å². The first-order valence-electron chi connectivity index (χ1n) is 5.17. The summed E-state index contributed by atoms with van der Waals surface area (Å²) in [5.41, 5.74) is -1.01. The molecule has 0 aliphatic carbocycles. The second-order valence-corrected chi connectivity index (χ2v) is 4.26. The van der Waals surface area contributed by atoms with Crippen LogP contribution in [0, 0.1) is 23.3 Å². The fourth-order valence-electron chi connectivity index (χ4n) is 1.64. The first-order chi connectivity index (χ1) is 8.90. The molecule has 0 spiro atoms. The highest BCUT2D eigenvalue weighted by molar-refractivity contribution is 6.30. The van der Waals surface area contributed by atoms with Gasteiger partial charge < -0.3 is 5.11 Å². The van der Waals surface area contributed by atoms with Crippen molar-refractivity contribution < 1.29 is 22.7 Å². The molecule has 0 saturated carbocycles. The van der Waals surface area contributed by atoms with Crippen LogP contribution in [0.1, 0.15) is 17.2 Å². The number of benzene rings is 2. The van der Waals surface area contributed by atoms with Crippen molar-refractivity contribution in [2.45, 2.75) is 6.10 Å². The van der Waals surface area contributed by atoms with Crippen molar-refractivity contribution >= 4 is 11.6 Å². The lowest BCUT2D eigenvalue weighted by atomic mass is 10.0. The summed E-state index contributed by atoms with van der Waals surface area (Å²) in [6, 6.07) is 3.66. The third-order valence-electron chi connectivity index (χ3n) is 2.59. The minimum absolute atomic E-state index is 0.465. The molecule has 1 N–H and O–H groups in total. The number of rotatable bonds is 2. The van der Waals surface area contributed by atoms with E-state index < -0.39 is 45.5 Å². The fourth-order valence-corrected chi connectivity index (χ4v) is 1.79. The van der Waals surface area contributed by atoms with Gasteiger partial charge in [0.05, 0.1) is 5.02 Å². The molecule has 2 aromatic carbocycles. The third kappa shape index (κ3) is 2.72. The average molecular weight is 291 g/mol. The summed E-state index contributed by atoms with van der Waals surface area (Å²) in [4.78, 5) is 0. The smallest absolute Gasteiger partial charge is 0.142 e. The minimum atomic E-state index is -1.83. The molecule has 0 fully saturated rings. The van der Waals surface area contributed by atoms with E-state index in [0.717, 1.165) is 12.1 Å². The van der Waals surface area contributed by atoms with Crippen LogP contribution in [0.5, 0.6) is 0 Å². The number of aliphatic hydroxyl groups is 1. The Morgan fingerprint density at radius 1 is 0.842 bits per heavy atom. The molecule has 1 nitrogen and oxygen atoms in total. The van der Waals surface area contributed by atoms with Gasteiger partial charge in [0.1, 0.15) is 29.4 Å². The maximum absolute atomic E-state index is 13.6. The van der Waals surface area contributed by atoms with Gasteiger partial charge in [0.15, 0.2) is 0 Å². The molecular weight excluding hydrogens is 284 g/mol. The zero-order chi connectivity index (χ0) is 14.2. The summed E-state index contributed by atoms with van der Waals surface area (Å²) in [6.07, 6.45) is -1.83. The second-order valence-electron chi connectivity index (χ2n) is 3.86. The third-order valence-corrected chi connectivity index (χ3v) is 2.88. The Balaban J connectivity index is 2.52. The van der Waals surface area contributed by atoms with E-state index in [9.17, 15) is 22.7 Å². The van der Waals surface area contributed by atoms with Gasteiger partial charge in [-0.05, 0) is 30.3 Å². The van der Waals surface area contributed by atoms with E-state index >= 15 is 0 Å². The highest BCUT2D eigenvalue weighted by Gasteiger charge is 2.21. The quantitative estimate of drug-likeness (QED) is 0.655. The van der Waals surface area contributed by atoms with Crippen LogP contribution < -0.4 is 0 Å². The largest absolute Gasteiger partial charge is 0.383 e. The Bertz CT molecular complexity index is 630. The average Bonchev–Trinajstić information content (AvgIpc) is 2.36. The number of halogens is 5. The van der Waals surface area contributed by atoms with Crippen LogP contribution in [0.15, 0.2) is 30.3 Å². The van der Waals surface area contributed by atoms with E-state index in [4.69, 9.17) is 11.6 Å². The molecule has 19 heavy (non-hydrogen) atoms. The van der Waals surface area contributed by atoms with Crippen LogP contribution in [0.4, 0.5) is 17.6 Å². The van der Waals surface area contributed by atoms with Crippen molar-refractivity contribution in [3.05, 3.63) is 69.8 Å². The number of aliphatic hydroxyl groups excluding tert-OH is 1. The highest BCUT2D eigenvalue weighted by Crippen LogP contribution is 2.29. The van der Waals surface area contributed by atoms with Crippen molar-refractivity contribution in [2.75, 3.05) is 0 Å². The van der Waals surface area contributed by atoms with Crippen LogP contribution >= 0.6 is 11.6 Å². The SMILES string of the molecule is OC(c1cc(F)ccc1F)c1cc(F)c(Cl)cc1F. The Kier molecular flexibility index (Phi) is 3.78. The molecule has 0 amide bonds. The zero-order valence-electron chi connectivity index (χ0n) is 9.30. The summed E-state index contributed by atoms with van der Waals surface area (Å²) in [5, 5.41) is 9.37. The van der Waals surface area contributed by atoms with E-state index in [2.05, 4.69) is 0 Å². The Morgan fingerprint density at radius 3 is 2.16 bits per heavy atom. The first kappa shape index (κ1) is 13.8. The standard InChI is InChI=1S/C13H7ClF4O/c14-9-5-11(17)8(4-12(9)18)13(19)7-3-6(15)1-2-10(7)16/h1-5,13,19H. The maximum atomic E-state index is 13.6. The van der Waals surface area contributed by atoms with Crippen LogP contribution in [0.3, 0.4) is 0 Å². The van der Waals surface area contributed by atoms with Gasteiger partial charge in [0, 0.05) is 11.1 Å². The van der Waals surface area contributed by atoms with Crippen molar-refractivity contribution in [3.63, 3.8) is 0 Å². The predicted molar refractivity (Wildman–Crippen MR) is 61.8 cm³/mol. The van der Waals surface area contributed by atoms with E-state index in [1.54, 1.807) is 0 Å². The Morgan fingerprint density at radius 2 is 1.47 bits per heavy atom. The molecule has 2 aromatic rings. The lowest BCUT2D eigenvalue weighted by molar-refractivity contribution is 0.208. The predicted octanol–water partition coefficient (Wildman–Crippen LogP) is 3.98. The van der Waals surface area contributed by atoms with E-state index in [-0.39, 0.29) is 0 Å². The molecule has 0 aromatic heterocycles. The lowest BCUT2D eigenvalue weighted by Gasteiger charge is -2.14. The van der Waals surface area contributed by atoms with Gasteiger partial charge in [-0.1, -0.05) is 11.6 Å². The van der Waals surface area contributed by atoms with Gasteiger partial charge in [-0.25, -0.2) is 17.6 Å².